The second kappa shape index (κ2) is 10.2. The van der Waals surface area contributed by atoms with E-state index in [1.165, 1.54) is 42.6 Å². The molecule has 0 aliphatic carbocycles. The van der Waals surface area contributed by atoms with Gasteiger partial charge in [-0.05, 0) is 54.8 Å². The summed E-state index contributed by atoms with van der Waals surface area (Å²) in [4.78, 5) is 37.6. The number of pyridine rings is 3. The lowest BCUT2D eigenvalue weighted by Crippen LogP contribution is -2.23. The van der Waals surface area contributed by atoms with Crippen LogP contribution in [0.1, 0.15) is 28.5 Å². The molecular formula is C29H22F2N4O3. The first-order chi connectivity index (χ1) is 18.3. The number of H-pyrrole nitrogens is 1. The molecule has 9 heteroatoms. The number of rotatable bonds is 6. The van der Waals surface area contributed by atoms with Gasteiger partial charge < -0.3 is 15.0 Å². The molecule has 38 heavy (non-hydrogen) atoms. The Morgan fingerprint density at radius 2 is 1.82 bits per heavy atom. The topological polar surface area (TPSA) is 97.0 Å². The minimum Gasteiger partial charge on any atom is -0.452 e. The molecule has 3 aromatic heterocycles. The number of halogens is 2. The number of benzene rings is 2. The smallest absolute Gasteiger partial charge is 0.261 e. The summed E-state index contributed by atoms with van der Waals surface area (Å²) in [5.41, 5.74) is 2.82. The summed E-state index contributed by atoms with van der Waals surface area (Å²) in [6, 6.07) is 12.8. The van der Waals surface area contributed by atoms with Gasteiger partial charge in [0.25, 0.3) is 5.91 Å². The van der Waals surface area contributed by atoms with E-state index >= 15 is 0 Å². The minimum atomic E-state index is -0.723. The molecule has 0 fully saturated rings. The number of nitrogens with zero attached hydrogens (tertiary/aromatic N) is 2. The number of aromatic amines is 1. The Balaban J connectivity index is 1.38. The molecular weight excluding hydrogens is 490 g/mol. The van der Waals surface area contributed by atoms with Gasteiger partial charge in [-0.1, -0.05) is 19.1 Å². The number of carbonyl (C=O) groups is 1. The predicted molar refractivity (Wildman–Crippen MR) is 141 cm³/mol. The van der Waals surface area contributed by atoms with Crippen LogP contribution in [0.15, 0.2) is 78.0 Å². The van der Waals surface area contributed by atoms with Crippen LogP contribution in [-0.4, -0.2) is 20.9 Å². The van der Waals surface area contributed by atoms with Gasteiger partial charge in [-0.15, -0.1) is 0 Å². The second-order valence-electron chi connectivity index (χ2n) is 8.61. The van der Waals surface area contributed by atoms with Gasteiger partial charge in [-0.3, -0.25) is 19.6 Å². The van der Waals surface area contributed by atoms with E-state index in [0.717, 1.165) is 18.1 Å². The third-order valence-corrected chi connectivity index (χ3v) is 6.07. The van der Waals surface area contributed by atoms with Gasteiger partial charge in [0.15, 0.2) is 17.3 Å². The summed E-state index contributed by atoms with van der Waals surface area (Å²) in [6.07, 6.45) is 5.38. The van der Waals surface area contributed by atoms with Crippen molar-refractivity contribution in [2.24, 2.45) is 0 Å². The predicted octanol–water partition coefficient (Wildman–Crippen LogP) is 6.18. The van der Waals surface area contributed by atoms with Gasteiger partial charge in [0, 0.05) is 47.7 Å². The summed E-state index contributed by atoms with van der Waals surface area (Å²) in [6.45, 7) is 3.69. The maximum atomic E-state index is 14.9. The van der Waals surface area contributed by atoms with Crippen LogP contribution in [0.2, 0.25) is 0 Å². The fraction of sp³-hybridized carbons (Fsp3) is 0.103. The molecule has 0 radical (unpaired) electrons. The monoisotopic (exact) mass is 512 g/mol. The number of anilines is 1. The molecule has 0 bridgehead atoms. The van der Waals surface area contributed by atoms with Crippen LogP contribution in [0.5, 0.6) is 11.5 Å². The van der Waals surface area contributed by atoms with E-state index in [9.17, 15) is 18.4 Å². The zero-order valence-corrected chi connectivity index (χ0v) is 20.5. The first-order valence-electron chi connectivity index (χ1n) is 11.8. The van der Waals surface area contributed by atoms with Crippen LogP contribution in [0.3, 0.4) is 0 Å². The molecule has 0 aliphatic rings. The van der Waals surface area contributed by atoms with Crippen LogP contribution < -0.4 is 15.5 Å². The van der Waals surface area contributed by atoms with E-state index in [-0.39, 0.29) is 22.6 Å². The Bertz CT molecular complexity index is 1730. The van der Waals surface area contributed by atoms with Crippen LogP contribution >= 0.6 is 0 Å². The lowest BCUT2D eigenvalue weighted by atomic mass is 10.0. The Kier molecular flexibility index (Phi) is 6.66. The van der Waals surface area contributed by atoms with Crippen molar-refractivity contribution in [3.05, 3.63) is 112 Å². The summed E-state index contributed by atoms with van der Waals surface area (Å²) < 4.78 is 34.1. The number of hydrogen-bond acceptors (Lipinski definition) is 5. The number of amides is 1. The first kappa shape index (κ1) is 24.8. The Labute approximate surface area is 216 Å². The van der Waals surface area contributed by atoms with E-state index in [4.69, 9.17) is 4.74 Å². The Morgan fingerprint density at radius 1 is 1.03 bits per heavy atom. The van der Waals surface area contributed by atoms with Gasteiger partial charge in [0.2, 0.25) is 5.43 Å². The van der Waals surface area contributed by atoms with Gasteiger partial charge in [-0.25, -0.2) is 8.78 Å². The van der Waals surface area contributed by atoms with Crippen molar-refractivity contribution in [3.63, 3.8) is 0 Å². The second-order valence-corrected chi connectivity index (χ2v) is 8.61. The molecule has 0 aliphatic heterocycles. The standard InChI is InChI=1S/C29H22F2N4O3/c1-3-17-12-23-27(34-14-17)25(10-11-32-23)38-24-9-8-20(13-22(24)31)35-29(37)21-15-33-16(2)26(28(21)36)18-4-6-19(30)7-5-18/h4-15H,3H2,1-2H3,(H,33,36)(H,35,37). The SMILES string of the molecule is CCc1cnc2c(Oc3ccc(NC(=O)c4c[nH]c(C)c(-c5ccc(F)cc5)c4=O)cc3F)ccnc2c1. The molecule has 1 amide bonds. The van der Waals surface area contributed by atoms with E-state index in [1.54, 1.807) is 25.4 Å². The van der Waals surface area contributed by atoms with E-state index < -0.39 is 23.0 Å². The highest BCUT2D eigenvalue weighted by Crippen LogP contribution is 2.31. The van der Waals surface area contributed by atoms with Crippen molar-refractivity contribution in [3.8, 4) is 22.6 Å². The number of aryl methyl sites for hydroxylation is 2. The van der Waals surface area contributed by atoms with Gasteiger partial charge in [0.1, 0.15) is 16.9 Å². The molecule has 190 valence electrons. The van der Waals surface area contributed by atoms with Crippen molar-refractivity contribution in [1.82, 2.24) is 15.0 Å². The molecule has 3 heterocycles. The summed E-state index contributed by atoms with van der Waals surface area (Å²) in [5, 5.41) is 2.54. The fourth-order valence-electron chi connectivity index (χ4n) is 4.06. The molecule has 0 spiro atoms. The zero-order valence-electron chi connectivity index (χ0n) is 20.5. The average Bonchev–Trinajstić information content (AvgIpc) is 2.91. The highest BCUT2D eigenvalue weighted by atomic mass is 19.1. The van der Waals surface area contributed by atoms with Crippen molar-refractivity contribution < 1.29 is 18.3 Å². The highest BCUT2D eigenvalue weighted by Gasteiger charge is 2.18. The van der Waals surface area contributed by atoms with Gasteiger partial charge in [0.05, 0.1) is 5.52 Å². The minimum absolute atomic E-state index is 0.0661. The molecule has 0 atom stereocenters. The summed E-state index contributed by atoms with van der Waals surface area (Å²) in [5.74, 6) is -1.61. The normalized spacial score (nSPS) is 10.9. The van der Waals surface area contributed by atoms with Crippen molar-refractivity contribution in [2.45, 2.75) is 20.3 Å². The summed E-state index contributed by atoms with van der Waals surface area (Å²) >= 11 is 0. The van der Waals surface area contributed by atoms with Crippen LogP contribution in [0.25, 0.3) is 22.2 Å². The lowest BCUT2D eigenvalue weighted by Gasteiger charge is -2.12. The van der Waals surface area contributed by atoms with E-state index in [0.29, 0.717) is 28.0 Å². The fourth-order valence-corrected chi connectivity index (χ4v) is 4.06. The molecule has 7 nitrogen and oxygen atoms in total. The molecule has 2 aromatic carbocycles. The van der Waals surface area contributed by atoms with Crippen LogP contribution in [-0.2, 0) is 6.42 Å². The summed E-state index contributed by atoms with van der Waals surface area (Å²) in [7, 11) is 0. The van der Waals surface area contributed by atoms with Gasteiger partial charge >= 0.3 is 0 Å². The lowest BCUT2D eigenvalue weighted by molar-refractivity contribution is 0.102. The molecule has 5 rings (SSSR count). The Hall–Kier alpha value is -4.92. The molecule has 5 aromatic rings. The molecule has 2 N–H and O–H groups in total. The number of aromatic nitrogens is 3. The molecule has 0 unspecified atom stereocenters. The van der Waals surface area contributed by atoms with Crippen molar-refractivity contribution in [1.29, 1.82) is 0 Å². The maximum Gasteiger partial charge on any atom is 0.261 e. The first-order valence-corrected chi connectivity index (χ1v) is 11.8. The number of nitrogens with one attached hydrogen (secondary N) is 2. The third-order valence-electron chi connectivity index (χ3n) is 6.07. The average molecular weight is 513 g/mol. The number of carbonyl (C=O) groups excluding carboxylic acids is 1. The van der Waals surface area contributed by atoms with Crippen molar-refractivity contribution in [2.75, 3.05) is 5.32 Å². The van der Waals surface area contributed by atoms with Crippen LogP contribution in [0, 0.1) is 18.6 Å². The molecule has 0 saturated heterocycles. The number of ether oxygens (including phenoxy) is 1. The van der Waals surface area contributed by atoms with Crippen LogP contribution in [0.4, 0.5) is 14.5 Å². The van der Waals surface area contributed by atoms with E-state index in [2.05, 4.69) is 20.3 Å². The third kappa shape index (κ3) is 4.86. The maximum absolute atomic E-state index is 14.9. The molecule has 0 saturated carbocycles. The number of fused-ring (bicyclic) bond motifs is 1. The van der Waals surface area contributed by atoms with Crippen molar-refractivity contribution >= 4 is 22.6 Å². The largest absolute Gasteiger partial charge is 0.452 e. The van der Waals surface area contributed by atoms with Gasteiger partial charge in [-0.2, -0.15) is 0 Å². The highest BCUT2D eigenvalue weighted by molar-refractivity contribution is 6.04. The number of hydrogen-bond donors (Lipinski definition) is 2. The van der Waals surface area contributed by atoms with E-state index in [1.807, 2.05) is 13.0 Å². The zero-order chi connectivity index (χ0) is 26.8. The Morgan fingerprint density at radius 3 is 2.55 bits per heavy atom. The quantitative estimate of drug-likeness (QED) is 0.283.